The van der Waals surface area contributed by atoms with Crippen LogP contribution in [-0.2, 0) is 40.7 Å². The van der Waals surface area contributed by atoms with Crippen LogP contribution in [0.15, 0.2) is 60.7 Å². The second kappa shape index (κ2) is 16.2. The third-order valence-electron chi connectivity index (χ3n) is 1.88. The first-order valence-electron chi connectivity index (χ1n) is 6.39. The molecule has 0 spiro atoms. The molecule has 0 heterocycles. The summed E-state index contributed by atoms with van der Waals surface area (Å²) in [4.78, 5) is 45.3. The minimum absolute atomic E-state index is 0. The van der Waals surface area contributed by atoms with Gasteiger partial charge in [0.1, 0.15) is 0 Å². The molecular formula is C14H22CuO6P2S2. The zero-order valence-corrected chi connectivity index (χ0v) is 17.8. The molecule has 2 aromatic carbocycles. The van der Waals surface area contributed by atoms with Crippen LogP contribution in [0, 0.1) is 13.8 Å². The first-order chi connectivity index (χ1) is 10.8. The largest absolute Gasteiger partial charge is 0.325 e. The predicted octanol–water partition coefficient (Wildman–Crippen LogP) is 2.36. The number of hydrogen-bond donors (Lipinski definition) is 6. The van der Waals surface area contributed by atoms with Gasteiger partial charge >= 0.3 is 13.4 Å². The molecule has 147 valence electrons. The van der Waals surface area contributed by atoms with E-state index in [0.29, 0.717) is 0 Å². The van der Waals surface area contributed by atoms with Crippen LogP contribution < -0.4 is 0 Å². The molecule has 0 aliphatic rings. The van der Waals surface area contributed by atoms with Gasteiger partial charge in [-0.05, 0) is 37.5 Å². The zero-order chi connectivity index (χ0) is 19.2. The van der Waals surface area contributed by atoms with Crippen molar-refractivity contribution >= 4 is 37.1 Å². The molecule has 2 aromatic rings. The van der Waals surface area contributed by atoms with Gasteiger partial charge in [0.05, 0.1) is 0 Å². The Morgan fingerprint density at radius 2 is 0.720 bits per heavy atom. The third-order valence-corrected chi connectivity index (χ3v) is 1.88. The Morgan fingerprint density at radius 3 is 0.800 bits per heavy atom. The van der Waals surface area contributed by atoms with Crippen molar-refractivity contribution in [3.63, 3.8) is 0 Å². The fraction of sp³-hybridized carbons (Fsp3) is 0.143. The topological polar surface area (TPSA) is 121 Å². The van der Waals surface area contributed by atoms with Crippen LogP contribution in [0.25, 0.3) is 0 Å². The molecule has 0 bridgehead atoms. The average molecular weight is 476 g/mol. The summed E-state index contributed by atoms with van der Waals surface area (Å²) in [7, 11) is 0. The summed E-state index contributed by atoms with van der Waals surface area (Å²) >= 11 is 7.21. The average Bonchev–Trinajstić information content (AvgIpc) is 2.37. The van der Waals surface area contributed by atoms with Gasteiger partial charge in [0.15, 0.2) is 0 Å². The SMILES string of the molecule is Cc1ccccc1.Cc1ccccc1.OP(O)(O)=S.OP(O)(O)=S.[Cu]. The molecule has 0 aromatic heterocycles. The maximum Gasteiger partial charge on any atom is 0.319 e. The summed E-state index contributed by atoms with van der Waals surface area (Å²) in [6.07, 6.45) is 0. The maximum absolute atomic E-state index is 7.56. The van der Waals surface area contributed by atoms with Crippen LogP contribution in [0.5, 0.6) is 0 Å². The van der Waals surface area contributed by atoms with Crippen LogP contribution in [0.3, 0.4) is 0 Å². The van der Waals surface area contributed by atoms with Gasteiger partial charge in [0.2, 0.25) is 0 Å². The molecular weight excluding hydrogens is 454 g/mol. The second-order valence-electron chi connectivity index (χ2n) is 4.34. The first kappa shape index (κ1) is 29.8. The summed E-state index contributed by atoms with van der Waals surface area (Å²) < 4.78 is 0. The van der Waals surface area contributed by atoms with E-state index < -0.39 is 13.4 Å². The molecule has 0 aliphatic carbocycles. The zero-order valence-electron chi connectivity index (χ0n) is 13.5. The van der Waals surface area contributed by atoms with Crippen molar-refractivity contribution in [3.8, 4) is 0 Å². The Labute approximate surface area is 168 Å². The monoisotopic (exact) mass is 475 g/mol. The van der Waals surface area contributed by atoms with Crippen molar-refractivity contribution in [2.75, 3.05) is 0 Å². The van der Waals surface area contributed by atoms with Crippen LogP contribution in [0.4, 0.5) is 0 Å². The number of aryl methyl sites for hydroxylation is 2. The molecule has 2 rings (SSSR count). The van der Waals surface area contributed by atoms with Crippen molar-refractivity contribution in [1.29, 1.82) is 0 Å². The van der Waals surface area contributed by atoms with Gasteiger partial charge in [-0.3, -0.25) is 0 Å². The van der Waals surface area contributed by atoms with E-state index in [-0.39, 0.29) is 17.1 Å². The van der Waals surface area contributed by atoms with Crippen molar-refractivity contribution in [1.82, 2.24) is 0 Å². The standard InChI is InChI=1S/2C7H8.Cu.2H3O3PS/c2*1-7-5-3-2-4-6-7;;2*1-4(2,3)5/h2*2-6H,1H3;;2*(H3,1,2,3,5). The molecule has 6 N–H and O–H groups in total. The summed E-state index contributed by atoms with van der Waals surface area (Å²) in [6.45, 7) is -3.44. The number of hydrogen-bond acceptors (Lipinski definition) is 2. The molecule has 0 aliphatic heterocycles. The Morgan fingerprint density at radius 1 is 0.560 bits per heavy atom. The molecule has 11 heteroatoms. The summed E-state index contributed by atoms with van der Waals surface area (Å²) in [6, 6.07) is 20.5. The van der Waals surface area contributed by atoms with E-state index in [1.807, 2.05) is 36.4 Å². The van der Waals surface area contributed by atoms with Gasteiger partial charge in [-0.2, -0.15) is 0 Å². The van der Waals surface area contributed by atoms with Crippen molar-refractivity contribution in [3.05, 3.63) is 71.8 Å². The van der Waals surface area contributed by atoms with Gasteiger partial charge in [0.25, 0.3) is 0 Å². The van der Waals surface area contributed by atoms with Gasteiger partial charge in [-0.1, -0.05) is 71.8 Å². The molecule has 6 nitrogen and oxygen atoms in total. The summed E-state index contributed by atoms with van der Waals surface area (Å²) in [5.74, 6) is 0. The van der Waals surface area contributed by atoms with E-state index in [1.165, 1.54) is 11.1 Å². The molecule has 25 heavy (non-hydrogen) atoms. The fourth-order valence-corrected chi connectivity index (χ4v) is 1.07. The number of benzene rings is 2. The maximum atomic E-state index is 7.56. The van der Waals surface area contributed by atoms with Gasteiger partial charge in [-0.25, -0.2) is 0 Å². The van der Waals surface area contributed by atoms with E-state index in [2.05, 4.69) is 61.7 Å². The summed E-state index contributed by atoms with van der Waals surface area (Å²) in [5, 5.41) is 0. The van der Waals surface area contributed by atoms with Crippen LogP contribution in [0.2, 0.25) is 0 Å². The summed E-state index contributed by atoms with van der Waals surface area (Å²) in [5.41, 5.74) is 2.64. The quantitative estimate of drug-likeness (QED) is 0.254. The Kier molecular flexibility index (Phi) is 19.3. The van der Waals surface area contributed by atoms with Crippen molar-refractivity contribution < 1.29 is 46.4 Å². The van der Waals surface area contributed by atoms with Crippen LogP contribution >= 0.6 is 13.4 Å². The van der Waals surface area contributed by atoms with E-state index >= 15 is 0 Å². The molecule has 1 radical (unpaired) electrons. The van der Waals surface area contributed by atoms with Gasteiger partial charge < -0.3 is 29.4 Å². The molecule has 0 saturated carbocycles. The van der Waals surface area contributed by atoms with Crippen LogP contribution in [-0.4, -0.2) is 29.4 Å². The van der Waals surface area contributed by atoms with Crippen molar-refractivity contribution in [2.45, 2.75) is 13.8 Å². The van der Waals surface area contributed by atoms with E-state index in [9.17, 15) is 0 Å². The molecule has 0 unspecified atom stereocenters. The Balaban J connectivity index is -0.000000259. The Hall–Kier alpha value is 0.0195. The van der Waals surface area contributed by atoms with Gasteiger partial charge in [0, 0.05) is 17.1 Å². The fourth-order valence-electron chi connectivity index (χ4n) is 1.07. The third kappa shape index (κ3) is 45.4. The second-order valence-corrected chi connectivity index (χ2v) is 9.33. The normalized spacial score (nSPS) is 9.60. The van der Waals surface area contributed by atoms with E-state index in [1.54, 1.807) is 0 Å². The first-order valence-corrected chi connectivity index (χ1v) is 11.7. The molecule has 0 saturated heterocycles. The van der Waals surface area contributed by atoms with Crippen LogP contribution in [0.1, 0.15) is 11.1 Å². The smallest absolute Gasteiger partial charge is 0.319 e. The van der Waals surface area contributed by atoms with E-state index in [4.69, 9.17) is 29.4 Å². The van der Waals surface area contributed by atoms with Gasteiger partial charge in [-0.15, -0.1) is 0 Å². The van der Waals surface area contributed by atoms with E-state index in [0.717, 1.165) is 0 Å². The molecule has 0 amide bonds. The predicted molar refractivity (Wildman–Crippen MR) is 104 cm³/mol. The molecule has 0 fully saturated rings. The van der Waals surface area contributed by atoms with Crippen molar-refractivity contribution in [2.24, 2.45) is 0 Å². The minimum atomic E-state index is -3.81. The minimum Gasteiger partial charge on any atom is -0.325 e. The number of rotatable bonds is 0. The molecule has 0 atom stereocenters. The Bertz CT molecular complexity index is 560.